The number of nitrogens with zero attached hydrogens (tertiary/aromatic N) is 2. The molecule has 3 N–H and O–H groups in total. The van der Waals surface area contributed by atoms with Crippen LogP contribution < -0.4 is 11.1 Å². The molecular weight excluding hydrogens is 272 g/mol. The second-order valence-electron chi connectivity index (χ2n) is 5.39. The Hall–Kier alpha value is -2.46. The summed E-state index contributed by atoms with van der Waals surface area (Å²) in [6.45, 7) is 0. The number of nitrogens with two attached hydrogens (primary N) is 1. The molecule has 0 aromatic heterocycles. The Morgan fingerprint density at radius 1 is 1.48 bits per heavy atom. The highest BCUT2D eigenvalue weighted by Crippen LogP contribution is 2.30. The quantitative estimate of drug-likeness (QED) is 0.648. The van der Waals surface area contributed by atoms with E-state index in [2.05, 4.69) is 5.32 Å². The van der Waals surface area contributed by atoms with Gasteiger partial charge >= 0.3 is 0 Å². The highest BCUT2D eigenvalue weighted by atomic mass is 16.6. The molecule has 1 saturated carbocycles. The third-order valence-electron chi connectivity index (χ3n) is 3.72. The molecule has 1 fully saturated rings. The minimum Gasteiger partial charge on any atom is -0.325 e. The average Bonchev–Trinajstić information content (AvgIpc) is 2.85. The Morgan fingerprint density at radius 3 is 2.71 bits per heavy atom. The first-order chi connectivity index (χ1) is 9.93. The van der Waals surface area contributed by atoms with Crippen LogP contribution in [0.5, 0.6) is 0 Å². The summed E-state index contributed by atoms with van der Waals surface area (Å²) in [7, 11) is 0. The second-order valence-corrected chi connectivity index (χ2v) is 5.39. The minimum absolute atomic E-state index is 0.0649. The molecule has 0 spiro atoms. The summed E-state index contributed by atoms with van der Waals surface area (Å²) in [5, 5.41) is 22.3. The summed E-state index contributed by atoms with van der Waals surface area (Å²) >= 11 is 0. The molecule has 1 amide bonds. The molecule has 110 valence electrons. The normalized spacial score (nSPS) is 16.2. The lowest BCUT2D eigenvalue weighted by Crippen LogP contribution is -2.40. The Morgan fingerprint density at radius 2 is 2.14 bits per heavy atom. The van der Waals surface area contributed by atoms with E-state index < -0.39 is 10.5 Å². The lowest BCUT2D eigenvalue weighted by atomic mass is 9.94. The molecule has 1 aliphatic rings. The number of benzene rings is 1. The van der Waals surface area contributed by atoms with E-state index in [4.69, 9.17) is 11.0 Å². The number of carbonyl (C=O) groups excluding carboxylic acids is 1. The topological polar surface area (TPSA) is 122 Å². The van der Waals surface area contributed by atoms with E-state index >= 15 is 0 Å². The molecule has 7 nitrogen and oxygen atoms in total. The molecule has 2 rings (SSSR count). The molecule has 1 aromatic rings. The summed E-state index contributed by atoms with van der Waals surface area (Å²) in [5.41, 5.74) is 5.81. The van der Waals surface area contributed by atoms with Crippen LogP contribution in [0, 0.1) is 21.4 Å². The maximum Gasteiger partial charge on any atom is 0.270 e. The van der Waals surface area contributed by atoms with Gasteiger partial charge in [-0.1, -0.05) is 12.8 Å². The van der Waals surface area contributed by atoms with E-state index in [0.717, 1.165) is 31.7 Å². The number of amides is 1. The van der Waals surface area contributed by atoms with Crippen LogP contribution in [-0.2, 0) is 4.79 Å². The Labute approximate surface area is 121 Å². The highest BCUT2D eigenvalue weighted by molar-refractivity contribution is 5.93. The molecule has 7 heteroatoms. The van der Waals surface area contributed by atoms with Crippen molar-refractivity contribution in [1.82, 2.24) is 0 Å². The lowest BCUT2D eigenvalue weighted by molar-refractivity contribution is -0.384. The minimum atomic E-state index is -0.583. The van der Waals surface area contributed by atoms with Crippen molar-refractivity contribution in [3.8, 4) is 6.07 Å². The van der Waals surface area contributed by atoms with E-state index in [1.165, 1.54) is 12.1 Å². The summed E-state index contributed by atoms with van der Waals surface area (Å²) < 4.78 is 0. The molecule has 0 unspecified atom stereocenters. The highest BCUT2D eigenvalue weighted by Gasteiger charge is 2.31. The predicted molar refractivity (Wildman–Crippen MR) is 76.4 cm³/mol. The van der Waals surface area contributed by atoms with E-state index in [1.807, 2.05) is 6.07 Å². The van der Waals surface area contributed by atoms with Crippen LogP contribution in [0.15, 0.2) is 18.2 Å². The SMILES string of the molecule is N#Cc1cc([N+](=O)[O-])ccc1NC(=O)CC1(N)CCCC1. The molecular formula is C14H16N4O3. The zero-order valence-electron chi connectivity index (χ0n) is 11.5. The molecule has 0 radical (unpaired) electrons. The van der Waals surface area contributed by atoms with Crippen molar-refractivity contribution in [3.05, 3.63) is 33.9 Å². The summed E-state index contributed by atoms with van der Waals surface area (Å²) in [6.07, 6.45) is 3.85. The van der Waals surface area contributed by atoms with Gasteiger partial charge in [-0.3, -0.25) is 14.9 Å². The maximum atomic E-state index is 12.0. The van der Waals surface area contributed by atoms with Crippen LogP contribution in [0.2, 0.25) is 0 Å². The maximum absolute atomic E-state index is 12.0. The van der Waals surface area contributed by atoms with Crippen LogP contribution in [0.1, 0.15) is 37.7 Å². The molecule has 0 bridgehead atoms. The summed E-state index contributed by atoms with van der Waals surface area (Å²) in [6, 6.07) is 5.61. The first kappa shape index (κ1) is 14.9. The third kappa shape index (κ3) is 3.55. The van der Waals surface area contributed by atoms with Crippen LogP contribution in [0.4, 0.5) is 11.4 Å². The molecule has 1 aromatic carbocycles. The van der Waals surface area contributed by atoms with Gasteiger partial charge in [-0.05, 0) is 18.9 Å². The van der Waals surface area contributed by atoms with Crippen molar-refractivity contribution in [3.63, 3.8) is 0 Å². The van der Waals surface area contributed by atoms with E-state index in [-0.39, 0.29) is 29.3 Å². The van der Waals surface area contributed by atoms with Crippen LogP contribution >= 0.6 is 0 Å². The molecule has 0 aliphatic heterocycles. The van der Waals surface area contributed by atoms with Gasteiger partial charge in [0.15, 0.2) is 0 Å². The number of anilines is 1. The van der Waals surface area contributed by atoms with Gasteiger partial charge in [-0.2, -0.15) is 5.26 Å². The number of non-ortho nitro benzene ring substituents is 1. The molecule has 1 aliphatic carbocycles. The fourth-order valence-corrected chi connectivity index (χ4v) is 2.62. The van der Waals surface area contributed by atoms with Crippen molar-refractivity contribution in [1.29, 1.82) is 5.26 Å². The number of nitro groups is 1. The summed E-state index contributed by atoms with van der Waals surface area (Å²) in [4.78, 5) is 22.1. The Balaban J connectivity index is 2.10. The van der Waals surface area contributed by atoms with Gasteiger partial charge in [-0.25, -0.2) is 0 Å². The van der Waals surface area contributed by atoms with Crippen LogP contribution in [0.25, 0.3) is 0 Å². The fourth-order valence-electron chi connectivity index (χ4n) is 2.62. The summed E-state index contributed by atoms with van der Waals surface area (Å²) in [5.74, 6) is -0.273. The van der Waals surface area contributed by atoms with Gasteiger partial charge in [0, 0.05) is 24.1 Å². The molecule has 0 atom stereocenters. The Bertz CT molecular complexity index is 615. The monoisotopic (exact) mass is 288 g/mol. The van der Waals surface area contributed by atoms with Gasteiger partial charge in [-0.15, -0.1) is 0 Å². The second kappa shape index (κ2) is 5.89. The van der Waals surface area contributed by atoms with Crippen LogP contribution in [-0.4, -0.2) is 16.4 Å². The number of hydrogen-bond acceptors (Lipinski definition) is 5. The van der Waals surface area contributed by atoms with Crippen LogP contribution in [0.3, 0.4) is 0 Å². The van der Waals surface area contributed by atoms with Gasteiger partial charge in [0.05, 0.1) is 16.2 Å². The average molecular weight is 288 g/mol. The number of nitrogens with one attached hydrogen (secondary N) is 1. The molecule has 0 saturated heterocycles. The number of rotatable bonds is 4. The van der Waals surface area contributed by atoms with Crippen molar-refractivity contribution in [2.24, 2.45) is 5.73 Å². The molecule has 21 heavy (non-hydrogen) atoms. The number of carbonyl (C=O) groups is 1. The van der Waals surface area contributed by atoms with Gasteiger partial charge in [0.2, 0.25) is 5.91 Å². The van der Waals surface area contributed by atoms with Crippen molar-refractivity contribution >= 4 is 17.3 Å². The van der Waals surface area contributed by atoms with Crippen molar-refractivity contribution in [2.75, 3.05) is 5.32 Å². The predicted octanol–water partition coefficient (Wildman–Crippen LogP) is 2.07. The van der Waals surface area contributed by atoms with E-state index in [1.54, 1.807) is 0 Å². The lowest BCUT2D eigenvalue weighted by Gasteiger charge is -2.22. The van der Waals surface area contributed by atoms with Crippen molar-refractivity contribution in [2.45, 2.75) is 37.6 Å². The standard InChI is InChI=1S/C14H16N4O3/c15-9-10-7-11(18(20)21)3-4-12(10)17-13(19)8-14(16)5-1-2-6-14/h3-4,7H,1-2,5-6,8,16H2,(H,17,19). The smallest absolute Gasteiger partial charge is 0.270 e. The number of nitro benzene ring substituents is 1. The van der Waals surface area contributed by atoms with Gasteiger partial charge in [0.25, 0.3) is 5.69 Å². The zero-order chi connectivity index (χ0) is 15.5. The van der Waals surface area contributed by atoms with E-state index in [9.17, 15) is 14.9 Å². The third-order valence-corrected chi connectivity index (χ3v) is 3.72. The number of hydrogen-bond donors (Lipinski definition) is 2. The largest absolute Gasteiger partial charge is 0.325 e. The van der Waals surface area contributed by atoms with Gasteiger partial charge in [0.1, 0.15) is 6.07 Å². The zero-order valence-corrected chi connectivity index (χ0v) is 11.5. The Kier molecular flexibility index (Phi) is 4.19. The fraction of sp³-hybridized carbons (Fsp3) is 0.429. The molecule has 0 heterocycles. The van der Waals surface area contributed by atoms with E-state index in [0.29, 0.717) is 0 Å². The first-order valence-corrected chi connectivity index (χ1v) is 6.71. The first-order valence-electron chi connectivity index (χ1n) is 6.71. The van der Waals surface area contributed by atoms with Crippen molar-refractivity contribution < 1.29 is 9.72 Å². The van der Waals surface area contributed by atoms with Gasteiger partial charge < -0.3 is 11.1 Å². The number of nitriles is 1.